The standard InChI is InChI=1S/C14H18N4O/c1-11-16-14(17-19-11)12-3-5-13(6-4-12)18-9-2-7-15-8-10-18/h3-6,15H,2,7-10H2,1H3. The van der Waals surface area contributed by atoms with Crippen molar-refractivity contribution in [2.24, 2.45) is 0 Å². The smallest absolute Gasteiger partial charge is 0.223 e. The molecule has 5 heteroatoms. The Labute approximate surface area is 112 Å². The summed E-state index contributed by atoms with van der Waals surface area (Å²) >= 11 is 0. The average molecular weight is 258 g/mol. The van der Waals surface area contributed by atoms with Gasteiger partial charge in [-0.2, -0.15) is 4.98 Å². The molecule has 2 aromatic rings. The Balaban J connectivity index is 1.78. The minimum Gasteiger partial charge on any atom is -0.370 e. The van der Waals surface area contributed by atoms with Gasteiger partial charge in [0.15, 0.2) is 0 Å². The first-order valence-electron chi connectivity index (χ1n) is 6.69. The highest BCUT2D eigenvalue weighted by molar-refractivity contribution is 5.60. The molecule has 1 fully saturated rings. The monoisotopic (exact) mass is 258 g/mol. The molecular weight excluding hydrogens is 240 g/mol. The molecule has 3 rings (SSSR count). The van der Waals surface area contributed by atoms with Gasteiger partial charge in [-0.25, -0.2) is 0 Å². The van der Waals surface area contributed by atoms with Crippen LogP contribution in [0.5, 0.6) is 0 Å². The van der Waals surface area contributed by atoms with Crippen LogP contribution in [0.25, 0.3) is 11.4 Å². The highest BCUT2D eigenvalue weighted by atomic mass is 16.5. The van der Waals surface area contributed by atoms with Crippen molar-refractivity contribution in [3.8, 4) is 11.4 Å². The van der Waals surface area contributed by atoms with Gasteiger partial charge < -0.3 is 14.7 Å². The lowest BCUT2D eigenvalue weighted by Crippen LogP contribution is -2.27. The predicted molar refractivity (Wildman–Crippen MR) is 74.2 cm³/mol. The van der Waals surface area contributed by atoms with E-state index in [1.54, 1.807) is 6.92 Å². The highest BCUT2D eigenvalue weighted by Crippen LogP contribution is 2.21. The molecule has 0 atom stereocenters. The number of hydrogen-bond acceptors (Lipinski definition) is 5. The molecule has 1 saturated heterocycles. The topological polar surface area (TPSA) is 54.2 Å². The molecule has 1 aromatic carbocycles. The molecule has 5 nitrogen and oxygen atoms in total. The van der Waals surface area contributed by atoms with Gasteiger partial charge in [-0.3, -0.25) is 0 Å². The Hall–Kier alpha value is -1.88. The van der Waals surface area contributed by atoms with Crippen LogP contribution >= 0.6 is 0 Å². The third kappa shape index (κ3) is 2.76. The van der Waals surface area contributed by atoms with Crippen LogP contribution < -0.4 is 10.2 Å². The minimum absolute atomic E-state index is 0.595. The number of anilines is 1. The van der Waals surface area contributed by atoms with Gasteiger partial charge in [0.25, 0.3) is 0 Å². The number of nitrogens with zero attached hydrogens (tertiary/aromatic N) is 3. The van der Waals surface area contributed by atoms with E-state index in [9.17, 15) is 0 Å². The van der Waals surface area contributed by atoms with E-state index in [0.29, 0.717) is 11.7 Å². The summed E-state index contributed by atoms with van der Waals surface area (Å²) in [7, 11) is 0. The molecule has 1 aromatic heterocycles. The van der Waals surface area contributed by atoms with E-state index < -0.39 is 0 Å². The van der Waals surface area contributed by atoms with Crippen molar-refractivity contribution in [1.29, 1.82) is 0 Å². The quantitative estimate of drug-likeness (QED) is 0.891. The fourth-order valence-electron chi connectivity index (χ4n) is 2.34. The van der Waals surface area contributed by atoms with Crippen molar-refractivity contribution in [2.45, 2.75) is 13.3 Å². The number of benzene rings is 1. The van der Waals surface area contributed by atoms with Crippen molar-refractivity contribution in [1.82, 2.24) is 15.5 Å². The molecule has 0 amide bonds. The Bertz CT molecular complexity index is 527. The van der Waals surface area contributed by atoms with Crippen LogP contribution in [0.1, 0.15) is 12.3 Å². The molecule has 0 radical (unpaired) electrons. The van der Waals surface area contributed by atoms with E-state index in [0.717, 1.165) is 31.7 Å². The molecule has 2 heterocycles. The van der Waals surface area contributed by atoms with Crippen LogP contribution in [0.15, 0.2) is 28.8 Å². The number of nitrogens with one attached hydrogen (secondary N) is 1. The zero-order chi connectivity index (χ0) is 13.1. The van der Waals surface area contributed by atoms with Crippen molar-refractivity contribution < 1.29 is 4.52 Å². The molecule has 1 aliphatic heterocycles. The molecule has 0 bridgehead atoms. The molecule has 0 saturated carbocycles. The summed E-state index contributed by atoms with van der Waals surface area (Å²) in [6.07, 6.45) is 1.19. The molecule has 0 aliphatic carbocycles. The van der Waals surface area contributed by atoms with Gasteiger partial charge in [-0.15, -0.1) is 0 Å². The maximum Gasteiger partial charge on any atom is 0.223 e. The summed E-state index contributed by atoms with van der Waals surface area (Å²) in [4.78, 5) is 6.64. The van der Waals surface area contributed by atoms with Gasteiger partial charge in [-0.05, 0) is 37.2 Å². The fraction of sp³-hybridized carbons (Fsp3) is 0.429. The summed E-state index contributed by atoms with van der Waals surface area (Å²) in [6, 6.07) is 8.37. The largest absolute Gasteiger partial charge is 0.370 e. The Morgan fingerprint density at radius 1 is 1.16 bits per heavy atom. The number of aryl methyl sites for hydroxylation is 1. The lowest BCUT2D eigenvalue weighted by atomic mass is 10.2. The fourth-order valence-corrected chi connectivity index (χ4v) is 2.34. The van der Waals surface area contributed by atoms with E-state index in [2.05, 4.69) is 44.6 Å². The molecule has 0 unspecified atom stereocenters. The molecule has 1 aliphatic rings. The van der Waals surface area contributed by atoms with Crippen LogP contribution in [-0.2, 0) is 0 Å². The van der Waals surface area contributed by atoms with Crippen molar-refractivity contribution in [2.75, 3.05) is 31.1 Å². The zero-order valence-corrected chi connectivity index (χ0v) is 11.1. The molecule has 100 valence electrons. The van der Waals surface area contributed by atoms with Gasteiger partial charge in [0.05, 0.1) is 0 Å². The second-order valence-electron chi connectivity index (χ2n) is 4.77. The first-order chi connectivity index (χ1) is 9.33. The Kier molecular flexibility index (Phi) is 3.46. The van der Waals surface area contributed by atoms with Gasteiger partial charge in [0.2, 0.25) is 11.7 Å². The SMILES string of the molecule is Cc1nc(-c2ccc(N3CCCNCC3)cc2)no1. The molecule has 0 spiro atoms. The summed E-state index contributed by atoms with van der Waals surface area (Å²) in [5.74, 6) is 1.25. The van der Waals surface area contributed by atoms with Crippen LogP contribution in [0.4, 0.5) is 5.69 Å². The van der Waals surface area contributed by atoms with Crippen LogP contribution in [0, 0.1) is 6.92 Å². The summed E-state index contributed by atoms with van der Waals surface area (Å²) < 4.78 is 5.00. The third-order valence-corrected chi connectivity index (χ3v) is 3.36. The van der Waals surface area contributed by atoms with Crippen molar-refractivity contribution in [3.63, 3.8) is 0 Å². The molecular formula is C14H18N4O. The van der Waals surface area contributed by atoms with E-state index >= 15 is 0 Å². The average Bonchev–Trinajstić information content (AvgIpc) is 2.72. The van der Waals surface area contributed by atoms with Crippen LogP contribution in [0.2, 0.25) is 0 Å². The Morgan fingerprint density at radius 2 is 2.00 bits per heavy atom. The maximum atomic E-state index is 5.00. The normalized spacial score (nSPS) is 16.4. The van der Waals surface area contributed by atoms with Crippen LogP contribution in [0.3, 0.4) is 0 Å². The first-order valence-corrected chi connectivity index (χ1v) is 6.69. The second-order valence-corrected chi connectivity index (χ2v) is 4.77. The van der Waals surface area contributed by atoms with Gasteiger partial charge in [0, 0.05) is 37.8 Å². The number of rotatable bonds is 2. The van der Waals surface area contributed by atoms with Gasteiger partial charge >= 0.3 is 0 Å². The zero-order valence-electron chi connectivity index (χ0n) is 11.1. The Morgan fingerprint density at radius 3 is 2.74 bits per heavy atom. The van der Waals surface area contributed by atoms with Gasteiger partial charge in [0.1, 0.15) is 0 Å². The number of hydrogen-bond donors (Lipinski definition) is 1. The van der Waals surface area contributed by atoms with E-state index in [4.69, 9.17) is 4.52 Å². The summed E-state index contributed by atoms with van der Waals surface area (Å²) in [5.41, 5.74) is 2.25. The lowest BCUT2D eigenvalue weighted by Gasteiger charge is -2.22. The molecule has 19 heavy (non-hydrogen) atoms. The predicted octanol–water partition coefficient (Wildman–Crippen LogP) is 1.84. The third-order valence-electron chi connectivity index (χ3n) is 3.36. The van der Waals surface area contributed by atoms with Gasteiger partial charge in [-0.1, -0.05) is 5.16 Å². The van der Waals surface area contributed by atoms with E-state index in [1.165, 1.54) is 12.1 Å². The van der Waals surface area contributed by atoms with Crippen molar-refractivity contribution >= 4 is 5.69 Å². The highest BCUT2D eigenvalue weighted by Gasteiger charge is 2.10. The number of aromatic nitrogens is 2. The van der Waals surface area contributed by atoms with E-state index in [-0.39, 0.29) is 0 Å². The van der Waals surface area contributed by atoms with Crippen LogP contribution in [-0.4, -0.2) is 36.3 Å². The second kappa shape index (κ2) is 5.40. The van der Waals surface area contributed by atoms with E-state index in [1.807, 2.05) is 0 Å². The summed E-state index contributed by atoms with van der Waals surface area (Å²) in [5, 5.41) is 7.35. The maximum absolute atomic E-state index is 5.00. The minimum atomic E-state index is 0.595. The van der Waals surface area contributed by atoms with Crippen molar-refractivity contribution in [3.05, 3.63) is 30.2 Å². The first kappa shape index (κ1) is 12.2. The molecule has 1 N–H and O–H groups in total. The lowest BCUT2D eigenvalue weighted by molar-refractivity contribution is 0.394. The summed E-state index contributed by atoms with van der Waals surface area (Å²) in [6.45, 7) is 6.12.